The lowest BCUT2D eigenvalue weighted by Crippen LogP contribution is -2.27. The minimum absolute atomic E-state index is 0.0101. The molecule has 1 aromatic heterocycles. The van der Waals surface area contributed by atoms with E-state index in [4.69, 9.17) is 18.9 Å². The number of nitrogens with one attached hydrogen (secondary N) is 2. The van der Waals surface area contributed by atoms with Gasteiger partial charge in [0.15, 0.2) is 23.0 Å². The summed E-state index contributed by atoms with van der Waals surface area (Å²) in [5, 5.41) is 4.24. The van der Waals surface area contributed by atoms with E-state index in [1.165, 1.54) is 5.56 Å². The first-order chi connectivity index (χ1) is 18.1. The van der Waals surface area contributed by atoms with Crippen molar-refractivity contribution in [2.45, 2.75) is 32.1 Å². The number of fused-ring (bicyclic) bond motifs is 2. The highest BCUT2D eigenvalue weighted by Crippen LogP contribution is 2.40. The normalized spacial score (nSPS) is 12.9. The van der Waals surface area contributed by atoms with Crippen LogP contribution in [0.3, 0.4) is 0 Å². The summed E-state index contributed by atoms with van der Waals surface area (Å²) in [4.78, 5) is 16.7. The maximum Gasteiger partial charge on any atom is 0.231 e. The van der Waals surface area contributed by atoms with Crippen molar-refractivity contribution in [2.24, 2.45) is 0 Å². The van der Waals surface area contributed by atoms with Gasteiger partial charge in [-0.15, -0.1) is 0 Å². The lowest BCUT2D eigenvalue weighted by Gasteiger charge is -2.18. The number of aryl methyl sites for hydroxylation is 1. The molecule has 7 nitrogen and oxygen atoms in total. The van der Waals surface area contributed by atoms with E-state index in [-0.39, 0.29) is 18.6 Å². The Kier molecular flexibility index (Phi) is 7.21. The Hall–Kier alpha value is -4.13. The first-order valence-corrected chi connectivity index (χ1v) is 12.6. The summed E-state index contributed by atoms with van der Waals surface area (Å²) in [5.41, 5.74) is 5.56. The van der Waals surface area contributed by atoms with Gasteiger partial charge in [0.25, 0.3) is 0 Å². The number of hydrogen-bond acceptors (Lipinski definition) is 5. The molecule has 0 spiro atoms. The summed E-state index contributed by atoms with van der Waals surface area (Å²) in [5.74, 6) is 2.66. The Morgan fingerprint density at radius 1 is 1.03 bits per heavy atom. The second-order valence-corrected chi connectivity index (χ2v) is 9.10. The van der Waals surface area contributed by atoms with Crippen LogP contribution in [-0.4, -0.2) is 38.4 Å². The predicted molar refractivity (Wildman–Crippen MR) is 143 cm³/mol. The molecule has 7 heteroatoms. The Morgan fingerprint density at radius 3 is 2.68 bits per heavy atom. The molecule has 0 bridgehead atoms. The molecule has 5 rings (SSSR count). The van der Waals surface area contributed by atoms with Gasteiger partial charge in [0.1, 0.15) is 0 Å². The molecule has 37 heavy (non-hydrogen) atoms. The van der Waals surface area contributed by atoms with Crippen molar-refractivity contribution < 1.29 is 23.7 Å². The highest BCUT2D eigenvalue weighted by Gasteiger charge is 2.24. The van der Waals surface area contributed by atoms with Crippen LogP contribution in [0, 0.1) is 0 Å². The van der Waals surface area contributed by atoms with E-state index in [0.29, 0.717) is 36.6 Å². The molecular formula is C30H32N2O5. The van der Waals surface area contributed by atoms with E-state index in [9.17, 15) is 4.79 Å². The number of amides is 1. The Labute approximate surface area is 216 Å². The molecule has 0 radical (unpaired) electrons. The van der Waals surface area contributed by atoms with Crippen LogP contribution < -0.4 is 24.3 Å². The van der Waals surface area contributed by atoms with E-state index < -0.39 is 0 Å². The molecule has 0 saturated carbocycles. The monoisotopic (exact) mass is 500 g/mol. The summed E-state index contributed by atoms with van der Waals surface area (Å²) in [6.07, 6.45) is 3.97. The van der Waals surface area contributed by atoms with Crippen molar-refractivity contribution in [1.29, 1.82) is 0 Å². The molecule has 1 aliphatic heterocycles. The molecule has 1 atom stereocenters. The van der Waals surface area contributed by atoms with Gasteiger partial charge in [0, 0.05) is 36.0 Å². The average Bonchev–Trinajstić information content (AvgIpc) is 3.58. The number of hydrogen-bond donors (Lipinski definition) is 2. The van der Waals surface area contributed by atoms with Gasteiger partial charge >= 0.3 is 0 Å². The second kappa shape index (κ2) is 10.9. The van der Waals surface area contributed by atoms with Gasteiger partial charge < -0.3 is 29.2 Å². The second-order valence-electron chi connectivity index (χ2n) is 9.10. The van der Waals surface area contributed by atoms with E-state index in [2.05, 4.69) is 35.4 Å². The third-order valence-corrected chi connectivity index (χ3v) is 6.96. The van der Waals surface area contributed by atoms with Crippen LogP contribution in [0.1, 0.15) is 41.5 Å². The molecule has 192 valence electrons. The molecule has 0 unspecified atom stereocenters. The van der Waals surface area contributed by atoms with Gasteiger partial charge in [-0.05, 0) is 59.4 Å². The zero-order valence-corrected chi connectivity index (χ0v) is 21.4. The Balaban J connectivity index is 1.36. The molecule has 2 heterocycles. The number of para-hydroxylation sites is 1. The fourth-order valence-electron chi connectivity index (χ4n) is 5.00. The highest BCUT2D eigenvalue weighted by molar-refractivity contribution is 5.88. The SMILES string of the molecule is CCc1cccc2c([C@H](CC(=O)NCCc3ccc(OC)c(OC)c3)c3ccc4c(c3)OCO4)c[nH]c12. The van der Waals surface area contributed by atoms with Crippen LogP contribution in [-0.2, 0) is 17.6 Å². The minimum Gasteiger partial charge on any atom is -0.493 e. The number of aromatic amines is 1. The summed E-state index contributed by atoms with van der Waals surface area (Å²) >= 11 is 0. The third-order valence-electron chi connectivity index (χ3n) is 6.96. The number of carbonyl (C=O) groups is 1. The van der Waals surface area contributed by atoms with Crippen molar-refractivity contribution in [1.82, 2.24) is 10.3 Å². The summed E-state index contributed by atoms with van der Waals surface area (Å²) in [6, 6.07) is 18.1. The van der Waals surface area contributed by atoms with Crippen LogP contribution in [0.2, 0.25) is 0 Å². The van der Waals surface area contributed by atoms with E-state index in [1.54, 1.807) is 14.2 Å². The number of rotatable bonds is 10. The molecule has 3 aromatic carbocycles. The summed E-state index contributed by atoms with van der Waals surface area (Å²) in [7, 11) is 3.24. The fourth-order valence-corrected chi connectivity index (χ4v) is 5.00. The lowest BCUT2D eigenvalue weighted by atomic mass is 9.87. The van der Waals surface area contributed by atoms with Crippen molar-refractivity contribution in [3.8, 4) is 23.0 Å². The molecule has 1 aliphatic rings. The number of aromatic nitrogens is 1. The Bertz CT molecular complexity index is 1410. The van der Waals surface area contributed by atoms with Gasteiger partial charge in [-0.2, -0.15) is 0 Å². The number of ether oxygens (including phenoxy) is 4. The first-order valence-electron chi connectivity index (χ1n) is 12.6. The summed E-state index contributed by atoms with van der Waals surface area (Å²) in [6.45, 7) is 2.89. The Morgan fingerprint density at radius 2 is 1.86 bits per heavy atom. The zero-order chi connectivity index (χ0) is 25.8. The highest BCUT2D eigenvalue weighted by atomic mass is 16.7. The predicted octanol–water partition coefficient (Wildman–Crippen LogP) is 5.36. The molecule has 0 fully saturated rings. The van der Waals surface area contributed by atoms with E-state index >= 15 is 0 Å². The molecule has 0 saturated heterocycles. The molecular weight excluding hydrogens is 468 g/mol. The smallest absolute Gasteiger partial charge is 0.231 e. The fraction of sp³-hybridized carbons (Fsp3) is 0.300. The first kappa shape index (κ1) is 24.6. The zero-order valence-electron chi connectivity index (χ0n) is 21.4. The van der Waals surface area contributed by atoms with Crippen LogP contribution in [0.5, 0.6) is 23.0 Å². The standard InChI is InChI=1S/C30H32N2O5/c1-4-20-6-5-7-22-24(17-32-30(20)22)23(21-9-11-26-28(15-21)37-18-36-26)16-29(33)31-13-12-19-8-10-25(34-2)27(14-19)35-3/h5-11,14-15,17,23,32H,4,12-13,16,18H2,1-3H3,(H,31,33)/t23-/m1/s1. The third kappa shape index (κ3) is 5.07. The molecule has 0 aliphatic carbocycles. The number of benzene rings is 3. The van der Waals surface area contributed by atoms with Gasteiger partial charge in [0.2, 0.25) is 12.7 Å². The van der Waals surface area contributed by atoms with Crippen LogP contribution in [0.15, 0.2) is 60.8 Å². The van der Waals surface area contributed by atoms with Crippen molar-refractivity contribution in [3.63, 3.8) is 0 Å². The maximum atomic E-state index is 13.2. The maximum absolute atomic E-state index is 13.2. The van der Waals surface area contributed by atoms with Gasteiger partial charge in [0.05, 0.1) is 14.2 Å². The minimum atomic E-state index is -0.142. The number of methoxy groups -OCH3 is 2. The lowest BCUT2D eigenvalue weighted by molar-refractivity contribution is -0.121. The van der Waals surface area contributed by atoms with Crippen LogP contribution in [0.4, 0.5) is 0 Å². The topological polar surface area (TPSA) is 81.8 Å². The summed E-state index contributed by atoms with van der Waals surface area (Å²) < 4.78 is 21.9. The van der Waals surface area contributed by atoms with E-state index in [1.807, 2.05) is 42.6 Å². The van der Waals surface area contributed by atoms with Crippen molar-refractivity contribution in [2.75, 3.05) is 27.6 Å². The van der Waals surface area contributed by atoms with Crippen molar-refractivity contribution in [3.05, 3.63) is 83.0 Å². The van der Waals surface area contributed by atoms with Gasteiger partial charge in [-0.1, -0.05) is 37.3 Å². The van der Waals surface area contributed by atoms with Crippen molar-refractivity contribution >= 4 is 16.8 Å². The molecule has 1 amide bonds. The quantitative estimate of drug-likeness (QED) is 0.307. The average molecular weight is 501 g/mol. The molecule has 4 aromatic rings. The molecule has 2 N–H and O–H groups in total. The number of carbonyl (C=O) groups excluding carboxylic acids is 1. The van der Waals surface area contributed by atoms with Crippen LogP contribution in [0.25, 0.3) is 10.9 Å². The van der Waals surface area contributed by atoms with E-state index in [0.717, 1.165) is 39.8 Å². The van der Waals surface area contributed by atoms with Gasteiger partial charge in [-0.3, -0.25) is 4.79 Å². The van der Waals surface area contributed by atoms with Gasteiger partial charge in [-0.25, -0.2) is 0 Å². The van der Waals surface area contributed by atoms with Crippen LogP contribution >= 0.6 is 0 Å². The largest absolute Gasteiger partial charge is 0.493 e. The number of H-pyrrole nitrogens is 1.